The molecule has 2 fully saturated rings. The van der Waals surface area contributed by atoms with Crippen LogP contribution in [0.5, 0.6) is 0 Å². The molecule has 1 aliphatic carbocycles. The first kappa shape index (κ1) is 14.1. The van der Waals surface area contributed by atoms with E-state index in [-0.39, 0.29) is 25.0 Å². The average molecular weight is 270 g/mol. The Morgan fingerprint density at radius 2 is 1.89 bits per heavy atom. The number of aliphatic hydroxyl groups excluding tert-OH is 1. The van der Waals surface area contributed by atoms with Gasteiger partial charge in [0, 0.05) is 12.6 Å². The number of aliphatic hydroxyl groups is 1. The monoisotopic (exact) mass is 270 g/mol. The van der Waals surface area contributed by atoms with E-state index < -0.39 is 23.7 Å². The lowest BCUT2D eigenvalue weighted by Gasteiger charge is -2.24. The molecule has 0 aromatic heterocycles. The van der Waals surface area contributed by atoms with Crippen LogP contribution < -0.4 is 5.32 Å². The third-order valence-corrected chi connectivity index (χ3v) is 3.20. The number of ether oxygens (including phenoxy) is 1. The Labute approximate surface area is 113 Å². The fourth-order valence-electron chi connectivity index (χ4n) is 2.06. The molecule has 6 heteroatoms. The molecule has 1 aliphatic heterocycles. The molecule has 2 atom stereocenters. The summed E-state index contributed by atoms with van der Waals surface area (Å²) in [5, 5.41) is 12.8. The molecule has 2 aliphatic rings. The van der Waals surface area contributed by atoms with Crippen LogP contribution in [0, 0.1) is 5.92 Å². The maximum absolute atomic E-state index is 11.9. The number of carbonyl (C=O) groups is 2. The van der Waals surface area contributed by atoms with Crippen LogP contribution in [-0.4, -0.2) is 52.8 Å². The van der Waals surface area contributed by atoms with E-state index in [0.717, 1.165) is 12.8 Å². The Hall–Kier alpha value is -1.30. The average Bonchev–Trinajstić information content (AvgIpc) is 2.96. The van der Waals surface area contributed by atoms with Crippen molar-refractivity contribution in [2.45, 2.75) is 51.4 Å². The van der Waals surface area contributed by atoms with Crippen LogP contribution in [0.2, 0.25) is 0 Å². The molecule has 6 nitrogen and oxygen atoms in total. The smallest absolute Gasteiger partial charge is 0.410 e. The summed E-state index contributed by atoms with van der Waals surface area (Å²) in [4.78, 5) is 25.2. The third-order valence-electron chi connectivity index (χ3n) is 3.20. The zero-order valence-electron chi connectivity index (χ0n) is 11.7. The van der Waals surface area contributed by atoms with Gasteiger partial charge in [0.15, 0.2) is 0 Å². The summed E-state index contributed by atoms with van der Waals surface area (Å²) >= 11 is 0. The number of β-amino-alcohol motifs (C(OH)–C–C–N with tert-alkyl or cyclic N) is 1. The summed E-state index contributed by atoms with van der Waals surface area (Å²) in [5.41, 5.74) is -0.573. The van der Waals surface area contributed by atoms with E-state index in [1.54, 1.807) is 20.8 Å². The first-order chi connectivity index (χ1) is 8.76. The van der Waals surface area contributed by atoms with Gasteiger partial charge in [-0.05, 0) is 33.6 Å². The SMILES string of the molecule is CC(C)(C)OC(=O)N1C[C@@H](O)[C@H](C(=O)NC2CC2)C1. The Morgan fingerprint density at radius 3 is 2.42 bits per heavy atom. The van der Waals surface area contributed by atoms with Gasteiger partial charge in [0.2, 0.25) is 5.91 Å². The lowest BCUT2D eigenvalue weighted by molar-refractivity contribution is -0.127. The van der Waals surface area contributed by atoms with Crippen LogP contribution >= 0.6 is 0 Å². The van der Waals surface area contributed by atoms with Crippen molar-refractivity contribution in [1.29, 1.82) is 0 Å². The zero-order valence-corrected chi connectivity index (χ0v) is 11.7. The Bertz CT molecular complexity index is 373. The van der Waals surface area contributed by atoms with Gasteiger partial charge >= 0.3 is 6.09 Å². The van der Waals surface area contributed by atoms with E-state index in [9.17, 15) is 14.7 Å². The minimum absolute atomic E-state index is 0.150. The number of carbonyl (C=O) groups excluding carboxylic acids is 2. The topological polar surface area (TPSA) is 78.9 Å². The van der Waals surface area contributed by atoms with E-state index in [2.05, 4.69) is 5.32 Å². The lowest BCUT2D eigenvalue weighted by Crippen LogP contribution is -2.39. The summed E-state index contributed by atoms with van der Waals surface area (Å²) in [5.74, 6) is -0.714. The van der Waals surface area contributed by atoms with E-state index in [1.807, 2.05) is 0 Å². The van der Waals surface area contributed by atoms with E-state index in [1.165, 1.54) is 4.90 Å². The molecule has 1 heterocycles. The zero-order chi connectivity index (χ0) is 14.2. The number of likely N-dealkylation sites (tertiary alicyclic amines) is 1. The van der Waals surface area contributed by atoms with Gasteiger partial charge < -0.3 is 20.1 Å². The molecular formula is C13H22N2O4. The predicted octanol–water partition coefficient (Wildman–Crippen LogP) is 0.493. The molecule has 1 saturated heterocycles. The quantitative estimate of drug-likeness (QED) is 0.765. The van der Waals surface area contributed by atoms with Crippen LogP contribution in [0.3, 0.4) is 0 Å². The second-order valence-electron chi connectivity index (χ2n) is 6.34. The lowest BCUT2D eigenvalue weighted by atomic mass is 10.1. The molecule has 2 amide bonds. The standard InChI is InChI=1S/C13H22N2O4/c1-13(2,3)19-12(18)15-6-9(10(16)7-15)11(17)14-8-4-5-8/h8-10,16H,4-7H2,1-3H3,(H,14,17)/t9-,10-/m1/s1. The molecule has 0 spiro atoms. The van der Waals surface area contributed by atoms with Crippen molar-refractivity contribution < 1.29 is 19.4 Å². The van der Waals surface area contributed by atoms with Crippen molar-refractivity contribution in [2.75, 3.05) is 13.1 Å². The van der Waals surface area contributed by atoms with Gasteiger partial charge in [0.1, 0.15) is 5.60 Å². The summed E-state index contributed by atoms with van der Waals surface area (Å²) in [6.07, 6.45) is 0.717. The van der Waals surface area contributed by atoms with Crippen LogP contribution in [-0.2, 0) is 9.53 Å². The molecule has 0 aromatic rings. The largest absolute Gasteiger partial charge is 0.444 e. The number of nitrogens with zero attached hydrogens (tertiary/aromatic N) is 1. The highest BCUT2D eigenvalue weighted by atomic mass is 16.6. The molecule has 2 rings (SSSR count). The van der Waals surface area contributed by atoms with Gasteiger partial charge in [-0.3, -0.25) is 4.79 Å². The van der Waals surface area contributed by atoms with Crippen LogP contribution in [0.4, 0.5) is 4.79 Å². The minimum Gasteiger partial charge on any atom is -0.444 e. The first-order valence-electron chi connectivity index (χ1n) is 6.72. The highest BCUT2D eigenvalue weighted by molar-refractivity contribution is 5.81. The molecule has 0 aromatic carbocycles. The fourth-order valence-corrected chi connectivity index (χ4v) is 2.06. The van der Waals surface area contributed by atoms with Crippen molar-refractivity contribution >= 4 is 12.0 Å². The molecule has 1 saturated carbocycles. The van der Waals surface area contributed by atoms with E-state index >= 15 is 0 Å². The fraction of sp³-hybridized carbons (Fsp3) is 0.846. The van der Waals surface area contributed by atoms with Crippen molar-refractivity contribution in [3.63, 3.8) is 0 Å². The predicted molar refractivity (Wildman–Crippen MR) is 68.5 cm³/mol. The Morgan fingerprint density at radius 1 is 1.26 bits per heavy atom. The summed E-state index contributed by atoms with van der Waals surface area (Å²) in [6.45, 7) is 5.73. The molecule has 19 heavy (non-hydrogen) atoms. The second-order valence-corrected chi connectivity index (χ2v) is 6.34. The number of hydrogen-bond donors (Lipinski definition) is 2. The van der Waals surface area contributed by atoms with Gasteiger partial charge in [-0.2, -0.15) is 0 Å². The molecule has 0 bridgehead atoms. The number of rotatable bonds is 2. The third kappa shape index (κ3) is 3.83. The van der Waals surface area contributed by atoms with Gasteiger partial charge in [-0.1, -0.05) is 0 Å². The molecule has 0 unspecified atom stereocenters. The highest BCUT2D eigenvalue weighted by Crippen LogP contribution is 2.23. The van der Waals surface area contributed by atoms with Crippen LogP contribution in [0.25, 0.3) is 0 Å². The van der Waals surface area contributed by atoms with Gasteiger partial charge in [0.25, 0.3) is 0 Å². The molecule has 0 radical (unpaired) electrons. The van der Waals surface area contributed by atoms with E-state index in [0.29, 0.717) is 0 Å². The summed E-state index contributed by atoms with van der Waals surface area (Å²) in [6, 6.07) is 0.260. The van der Waals surface area contributed by atoms with E-state index in [4.69, 9.17) is 4.74 Å². The van der Waals surface area contributed by atoms with Crippen molar-refractivity contribution in [1.82, 2.24) is 10.2 Å². The molecular weight excluding hydrogens is 248 g/mol. The maximum atomic E-state index is 11.9. The molecule has 108 valence electrons. The summed E-state index contributed by atoms with van der Waals surface area (Å²) < 4.78 is 5.24. The van der Waals surface area contributed by atoms with Crippen molar-refractivity contribution in [2.24, 2.45) is 5.92 Å². The first-order valence-corrected chi connectivity index (χ1v) is 6.72. The number of nitrogens with one attached hydrogen (secondary N) is 1. The van der Waals surface area contributed by atoms with Gasteiger partial charge in [-0.15, -0.1) is 0 Å². The number of hydrogen-bond acceptors (Lipinski definition) is 4. The molecule has 2 N–H and O–H groups in total. The van der Waals surface area contributed by atoms with Crippen molar-refractivity contribution in [3.8, 4) is 0 Å². The normalized spacial score (nSPS) is 27.3. The Kier molecular flexibility index (Phi) is 3.71. The van der Waals surface area contributed by atoms with Crippen LogP contribution in [0.15, 0.2) is 0 Å². The van der Waals surface area contributed by atoms with Crippen molar-refractivity contribution in [3.05, 3.63) is 0 Å². The van der Waals surface area contributed by atoms with Crippen LogP contribution in [0.1, 0.15) is 33.6 Å². The van der Waals surface area contributed by atoms with Gasteiger partial charge in [0.05, 0.1) is 18.6 Å². The summed E-state index contributed by atoms with van der Waals surface area (Å²) in [7, 11) is 0. The second kappa shape index (κ2) is 5.00. The minimum atomic E-state index is -0.814. The number of amides is 2. The highest BCUT2D eigenvalue weighted by Gasteiger charge is 2.41. The van der Waals surface area contributed by atoms with Gasteiger partial charge in [-0.25, -0.2) is 4.79 Å². The Balaban J connectivity index is 1.88. The maximum Gasteiger partial charge on any atom is 0.410 e.